The van der Waals surface area contributed by atoms with Crippen LogP contribution < -0.4 is 16.8 Å². The molecular formula is C9H24N3O5P. The lowest BCUT2D eigenvalue weighted by atomic mass is 10.2. The molecule has 0 spiro atoms. The predicted octanol–water partition coefficient (Wildman–Crippen LogP) is -0.740. The largest absolute Gasteiger partial charge is 0.480 e. The van der Waals surface area contributed by atoms with Crippen molar-refractivity contribution < 1.29 is 24.3 Å². The molecule has 0 amide bonds. The second-order valence-corrected chi connectivity index (χ2v) is 5.28. The molecule has 18 heavy (non-hydrogen) atoms. The van der Waals surface area contributed by atoms with Gasteiger partial charge in [-0.1, -0.05) is 12.8 Å². The van der Waals surface area contributed by atoms with Gasteiger partial charge in [0, 0.05) is 0 Å². The third kappa shape index (κ3) is 24.6. The van der Waals surface area contributed by atoms with Crippen molar-refractivity contribution in [2.24, 2.45) is 11.5 Å². The van der Waals surface area contributed by atoms with Gasteiger partial charge in [-0.15, -0.1) is 0 Å². The molecule has 9 heteroatoms. The van der Waals surface area contributed by atoms with Crippen LogP contribution in [-0.2, 0) is 9.36 Å². The van der Waals surface area contributed by atoms with Crippen molar-refractivity contribution in [3.63, 3.8) is 0 Å². The van der Waals surface area contributed by atoms with Crippen LogP contribution in [0.5, 0.6) is 0 Å². The monoisotopic (exact) mass is 285 g/mol. The van der Waals surface area contributed by atoms with Crippen LogP contribution in [-0.4, -0.2) is 46.8 Å². The minimum absolute atomic E-state index is 0.439. The number of carbonyl (C=O) groups is 1. The fourth-order valence-electron chi connectivity index (χ4n) is 0.951. The van der Waals surface area contributed by atoms with Crippen molar-refractivity contribution in [3.8, 4) is 0 Å². The summed E-state index contributed by atoms with van der Waals surface area (Å²) in [7, 11) is -4.10. The smallest absolute Gasteiger partial charge is 0.339 e. The Bertz CT molecular complexity index is 240. The fourth-order valence-corrected chi connectivity index (χ4v) is 1.35. The quantitative estimate of drug-likeness (QED) is 0.238. The Balaban J connectivity index is 0. The maximum Gasteiger partial charge on any atom is 0.339 e. The summed E-state index contributed by atoms with van der Waals surface area (Å²) in [4.78, 5) is 26.1. The van der Waals surface area contributed by atoms with E-state index in [9.17, 15) is 9.36 Å². The summed E-state index contributed by atoms with van der Waals surface area (Å²) in [6, 6.07) is 0. The number of hydrogen-bond acceptors (Lipinski definition) is 5. The molecule has 110 valence electrons. The van der Waals surface area contributed by atoms with Crippen LogP contribution in [0.2, 0.25) is 0 Å². The van der Waals surface area contributed by atoms with Crippen LogP contribution in [0.1, 0.15) is 25.7 Å². The van der Waals surface area contributed by atoms with Crippen molar-refractivity contribution in [3.05, 3.63) is 0 Å². The first-order chi connectivity index (χ1) is 8.33. The van der Waals surface area contributed by atoms with Gasteiger partial charge in [-0.3, -0.25) is 14.7 Å². The average molecular weight is 285 g/mol. The molecule has 0 aromatic heterocycles. The lowest BCUT2D eigenvalue weighted by molar-refractivity contribution is -0.135. The van der Waals surface area contributed by atoms with E-state index in [2.05, 4.69) is 5.32 Å². The molecule has 0 aliphatic heterocycles. The van der Waals surface area contributed by atoms with Gasteiger partial charge >= 0.3 is 13.6 Å². The molecule has 8 nitrogen and oxygen atoms in total. The van der Waals surface area contributed by atoms with Crippen LogP contribution in [0.4, 0.5) is 0 Å². The number of carboxylic acids is 1. The van der Waals surface area contributed by atoms with Crippen LogP contribution >= 0.6 is 7.60 Å². The standard InChI is InChI=1S/C6H16N2.C3H8NO5P/c7-5-3-1-2-4-6-8;5-3(6)1-4-2-10(7,8)9/h1-8H2;4H,1-2H2,(H,5,6)(H2,7,8,9). The Hall–Kier alpha value is -0.500. The van der Waals surface area contributed by atoms with Gasteiger partial charge in [-0.05, 0) is 25.9 Å². The van der Waals surface area contributed by atoms with E-state index in [0.29, 0.717) is 0 Å². The zero-order valence-corrected chi connectivity index (χ0v) is 11.3. The molecule has 0 atom stereocenters. The fraction of sp³-hybridized carbons (Fsp3) is 0.889. The first-order valence-corrected chi connectivity index (χ1v) is 7.50. The molecular weight excluding hydrogens is 261 g/mol. The second-order valence-electron chi connectivity index (χ2n) is 3.63. The second kappa shape index (κ2) is 12.9. The molecule has 0 aliphatic carbocycles. The molecule has 0 heterocycles. The predicted molar refractivity (Wildman–Crippen MR) is 69.1 cm³/mol. The Kier molecular flexibility index (Phi) is 14.3. The average Bonchev–Trinajstić information content (AvgIpc) is 2.23. The maximum atomic E-state index is 10.1. The van der Waals surface area contributed by atoms with Crippen molar-refractivity contribution in [1.82, 2.24) is 5.32 Å². The Morgan fingerprint density at radius 2 is 1.50 bits per heavy atom. The van der Waals surface area contributed by atoms with E-state index in [1.54, 1.807) is 0 Å². The summed E-state index contributed by atoms with van der Waals surface area (Å²) in [5.41, 5.74) is 10.6. The topological polar surface area (TPSA) is 159 Å². The molecule has 0 saturated carbocycles. The number of rotatable bonds is 9. The maximum absolute atomic E-state index is 10.1. The molecule has 0 bridgehead atoms. The van der Waals surface area contributed by atoms with Crippen LogP contribution in [0.25, 0.3) is 0 Å². The van der Waals surface area contributed by atoms with Crippen molar-refractivity contribution in [2.45, 2.75) is 25.7 Å². The van der Waals surface area contributed by atoms with E-state index < -0.39 is 26.4 Å². The lowest BCUT2D eigenvalue weighted by Crippen LogP contribution is -2.23. The summed E-state index contributed by atoms with van der Waals surface area (Å²) in [6.07, 6.45) is 4.20. The Labute approximate surface area is 107 Å². The highest BCUT2D eigenvalue weighted by atomic mass is 31.2. The van der Waals surface area contributed by atoms with E-state index in [0.717, 1.165) is 25.9 Å². The minimum atomic E-state index is -4.10. The minimum Gasteiger partial charge on any atom is -0.480 e. The van der Waals surface area contributed by atoms with Gasteiger partial charge in [0.2, 0.25) is 0 Å². The number of nitrogens with two attached hydrogens (primary N) is 2. The zero-order chi connectivity index (χ0) is 14.4. The van der Waals surface area contributed by atoms with E-state index in [1.165, 1.54) is 12.8 Å². The van der Waals surface area contributed by atoms with Gasteiger partial charge in [0.1, 0.15) is 0 Å². The van der Waals surface area contributed by atoms with Gasteiger partial charge in [0.05, 0.1) is 12.8 Å². The number of carboxylic acid groups (broad SMARTS) is 1. The highest BCUT2D eigenvalue weighted by molar-refractivity contribution is 7.51. The normalized spacial score (nSPS) is 10.7. The van der Waals surface area contributed by atoms with Gasteiger partial charge in [-0.25, -0.2) is 0 Å². The van der Waals surface area contributed by atoms with Gasteiger partial charge in [0.25, 0.3) is 0 Å². The van der Waals surface area contributed by atoms with E-state index in [1.807, 2.05) is 0 Å². The number of nitrogens with one attached hydrogen (secondary N) is 1. The molecule has 0 aliphatic rings. The SMILES string of the molecule is NCCCCCCN.O=C(O)CNCP(=O)(O)O. The van der Waals surface area contributed by atoms with Crippen molar-refractivity contribution in [2.75, 3.05) is 25.9 Å². The molecule has 0 radical (unpaired) electrons. The number of aliphatic carboxylic acids is 1. The van der Waals surface area contributed by atoms with Crippen LogP contribution in [0, 0.1) is 0 Å². The molecule has 0 aromatic rings. The van der Waals surface area contributed by atoms with Gasteiger partial charge in [-0.2, -0.15) is 0 Å². The van der Waals surface area contributed by atoms with Crippen molar-refractivity contribution in [1.29, 1.82) is 0 Å². The van der Waals surface area contributed by atoms with Crippen molar-refractivity contribution >= 4 is 13.6 Å². The summed E-state index contributed by atoms with van der Waals surface area (Å²) in [6.45, 7) is 1.21. The highest BCUT2D eigenvalue weighted by Crippen LogP contribution is 2.31. The zero-order valence-electron chi connectivity index (χ0n) is 10.4. The molecule has 0 rings (SSSR count). The molecule has 8 N–H and O–H groups in total. The summed E-state index contributed by atoms with van der Waals surface area (Å²) in [5.74, 6) is -1.14. The van der Waals surface area contributed by atoms with Crippen LogP contribution in [0.15, 0.2) is 0 Å². The third-order valence-corrected chi connectivity index (χ3v) is 2.39. The summed E-state index contributed by atoms with van der Waals surface area (Å²) < 4.78 is 10.1. The van der Waals surface area contributed by atoms with Gasteiger partial charge < -0.3 is 26.4 Å². The van der Waals surface area contributed by atoms with E-state index in [4.69, 9.17) is 26.4 Å². The molecule has 0 saturated heterocycles. The van der Waals surface area contributed by atoms with E-state index in [-0.39, 0.29) is 0 Å². The lowest BCUT2D eigenvalue weighted by Gasteiger charge is -2.02. The summed E-state index contributed by atoms with van der Waals surface area (Å²) >= 11 is 0. The number of hydrogen-bond donors (Lipinski definition) is 6. The first-order valence-electron chi connectivity index (χ1n) is 5.70. The molecule has 0 fully saturated rings. The highest BCUT2D eigenvalue weighted by Gasteiger charge is 2.11. The van der Waals surface area contributed by atoms with Crippen LogP contribution in [0.3, 0.4) is 0 Å². The molecule has 0 unspecified atom stereocenters. The van der Waals surface area contributed by atoms with Gasteiger partial charge in [0.15, 0.2) is 0 Å². The molecule has 0 aromatic carbocycles. The Morgan fingerprint density at radius 1 is 1.06 bits per heavy atom. The Morgan fingerprint density at radius 3 is 1.78 bits per heavy atom. The van der Waals surface area contributed by atoms with E-state index >= 15 is 0 Å². The number of unbranched alkanes of at least 4 members (excludes halogenated alkanes) is 3. The third-order valence-electron chi connectivity index (χ3n) is 1.75. The first kappa shape index (κ1) is 19.8. The summed E-state index contributed by atoms with van der Waals surface area (Å²) in [5, 5.41) is 10.1.